The second kappa shape index (κ2) is 7.10. The van der Waals surface area contributed by atoms with Crippen molar-refractivity contribution in [3.05, 3.63) is 52.9 Å². The molecule has 1 aromatic heterocycles. The summed E-state index contributed by atoms with van der Waals surface area (Å²) >= 11 is 0. The highest BCUT2D eigenvalue weighted by Crippen LogP contribution is 2.30. The molecule has 2 heterocycles. The number of anilines is 1. The van der Waals surface area contributed by atoms with Gasteiger partial charge in [-0.2, -0.15) is 4.39 Å². The van der Waals surface area contributed by atoms with Gasteiger partial charge in [0.2, 0.25) is 15.8 Å². The number of nitrogens with one attached hydrogen (secondary N) is 1. The zero-order valence-electron chi connectivity index (χ0n) is 14.6. The Morgan fingerprint density at radius 1 is 1.26 bits per heavy atom. The summed E-state index contributed by atoms with van der Waals surface area (Å²) in [6.07, 6.45) is 2.89. The third-order valence-electron chi connectivity index (χ3n) is 4.17. The summed E-state index contributed by atoms with van der Waals surface area (Å²) in [6.45, 7) is 0.878. The van der Waals surface area contributed by atoms with Gasteiger partial charge in [-0.25, -0.2) is 17.5 Å². The lowest BCUT2D eigenvalue weighted by molar-refractivity contribution is 0.0976. The first kappa shape index (κ1) is 19.0. The van der Waals surface area contributed by atoms with Gasteiger partial charge in [-0.05, 0) is 23.6 Å². The summed E-state index contributed by atoms with van der Waals surface area (Å²) < 4.78 is 56.5. The van der Waals surface area contributed by atoms with Gasteiger partial charge in [-0.3, -0.25) is 9.78 Å². The van der Waals surface area contributed by atoms with Crippen molar-refractivity contribution in [3.63, 3.8) is 0 Å². The van der Waals surface area contributed by atoms with Crippen molar-refractivity contribution in [3.8, 4) is 5.75 Å². The van der Waals surface area contributed by atoms with Gasteiger partial charge in [0.1, 0.15) is 5.69 Å². The third kappa shape index (κ3) is 4.16. The van der Waals surface area contributed by atoms with Crippen molar-refractivity contribution in [1.82, 2.24) is 9.71 Å². The number of carbonyl (C=O) groups excluding carboxylic acids is 1. The highest BCUT2D eigenvalue weighted by atomic mass is 32.2. The SMILES string of the molecule is COc1cc(N2CCc3cc(C(=O)NS(C)(=O)=O)ncc3C2)cc(F)c1F. The summed E-state index contributed by atoms with van der Waals surface area (Å²) in [7, 11) is -2.41. The minimum atomic E-state index is -3.68. The molecule has 0 spiro atoms. The fraction of sp³-hybridized carbons (Fsp3) is 0.294. The predicted octanol–water partition coefficient (Wildman–Crippen LogP) is 1.62. The lowest BCUT2D eigenvalue weighted by atomic mass is 10.0. The van der Waals surface area contributed by atoms with Crippen LogP contribution in [-0.4, -0.2) is 39.2 Å². The van der Waals surface area contributed by atoms with E-state index in [0.29, 0.717) is 25.2 Å². The standard InChI is InChI=1S/C17H17F2N3O4S/c1-26-15-7-12(6-13(18)16(15)19)22-4-3-10-5-14(20-8-11(10)9-22)17(23)21-27(2,24)25/h5-8H,3-4,9H2,1-2H3,(H,21,23). The number of hydrogen-bond acceptors (Lipinski definition) is 6. The number of halogens is 2. The Bertz CT molecular complexity index is 1010. The Kier molecular flexibility index (Phi) is 5.01. The van der Waals surface area contributed by atoms with Crippen LogP contribution in [0.4, 0.5) is 14.5 Å². The molecule has 1 amide bonds. The van der Waals surface area contributed by atoms with Crippen LogP contribution in [0.25, 0.3) is 0 Å². The Balaban J connectivity index is 1.84. The van der Waals surface area contributed by atoms with Gasteiger partial charge in [0.15, 0.2) is 11.6 Å². The van der Waals surface area contributed by atoms with E-state index in [1.165, 1.54) is 19.4 Å². The number of carbonyl (C=O) groups is 1. The van der Waals surface area contributed by atoms with E-state index in [-0.39, 0.29) is 11.4 Å². The first-order chi connectivity index (χ1) is 12.7. The Labute approximate surface area is 155 Å². The molecule has 0 radical (unpaired) electrons. The topological polar surface area (TPSA) is 88.6 Å². The minimum absolute atomic E-state index is 0.00196. The fourth-order valence-electron chi connectivity index (χ4n) is 2.89. The third-order valence-corrected chi connectivity index (χ3v) is 4.73. The van der Waals surface area contributed by atoms with Gasteiger partial charge in [-0.1, -0.05) is 0 Å². The average molecular weight is 397 g/mol. The van der Waals surface area contributed by atoms with Gasteiger partial charge in [0, 0.05) is 37.1 Å². The number of rotatable bonds is 4. The van der Waals surface area contributed by atoms with Gasteiger partial charge in [0.05, 0.1) is 13.4 Å². The molecule has 1 aliphatic rings. The molecule has 1 aliphatic heterocycles. The van der Waals surface area contributed by atoms with E-state index in [2.05, 4.69) is 4.98 Å². The van der Waals surface area contributed by atoms with E-state index < -0.39 is 27.6 Å². The van der Waals surface area contributed by atoms with Gasteiger partial charge in [0.25, 0.3) is 5.91 Å². The molecule has 3 rings (SSSR count). The van der Waals surface area contributed by atoms with Crippen LogP contribution >= 0.6 is 0 Å². The van der Waals surface area contributed by atoms with E-state index in [4.69, 9.17) is 4.74 Å². The molecule has 10 heteroatoms. The van der Waals surface area contributed by atoms with Gasteiger partial charge < -0.3 is 9.64 Å². The maximum absolute atomic E-state index is 13.8. The summed E-state index contributed by atoms with van der Waals surface area (Å²) in [5, 5.41) is 0. The van der Waals surface area contributed by atoms with Crippen LogP contribution in [0.3, 0.4) is 0 Å². The molecule has 0 saturated carbocycles. The van der Waals surface area contributed by atoms with E-state index >= 15 is 0 Å². The fourth-order valence-corrected chi connectivity index (χ4v) is 3.33. The molecule has 1 aromatic carbocycles. The lowest BCUT2D eigenvalue weighted by Crippen LogP contribution is -2.32. The van der Waals surface area contributed by atoms with E-state index in [1.807, 2.05) is 9.62 Å². The number of aromatic nitrogens is 1. The number of fused-ring (bicyclic) bond motifs is 1. The summed E-state index contributed by atoms with van der Waals surface area (Å²) in [5.74, 6) is -3.02. The Morgan fingerprint density at radius 2 is 2.00 bits per heavy atom. The van der Waals surface area contributed by atoms with Crippen molar-refractivity contribution in [2.75, 3.05) is 24.8 Å². The van der Waals surface area contributed by atoms with E-state index in [9.17, 15) is 22.0 Å². The van der Waals surface area contributed by atoms with Crippen LogP contribution in [0.5, 0.6) is 5.75 Å². The molecule has 0 atom stereocenters. The smallest absolute Gasteiger partial charge is 0.283 e. The number of pyridine rings is 1. The van der Waals surface area contributed by atoms with Crippen LogP contribution in [0, 0.1) is 11.6 Å². The minimum Gasteiger partial charge on any atom is -0.493 e. The normalized spacial score (nSPS) is 13.9. The van der Waals surface area contributed by atoms with Crippen LogP contribution in [0.15, 0.2) is 24.4 Å². The van der Waals surface area contributed by atoms with Crippen molar-refractivity contribution in [2.24, 2.45) is 0 Å². The number of ether oxygens (including phenoxy) is 1. The first-order valence-electron chi connectivity index (χ1n) is 7.96. The quantitative estimate of drug-likeness (QED) is 0.844. The second-order valence-corrected chi connectivity index (χ2v) is 7.91. The first-order valence-corrected chi connectivity index (χ1v) is 9.85. The molecule has 144 valence electrons. The molecule has 0 aliphatic carbocycles. The molecular weight excluding hydrogens is 380 g/mol. The largest absolute Gasteiger partial charge is 0.493 e. The maximum atomic E-state index is 13.8. The van der Waals surface area contributed by atoms with Crippen molar-refractivity contribution in [2.45, 2.75) is 13.0 Å². The summed E-state index contributed by atoms with van der Waals surface area (Å²) in [4.78, 5) is 17.8. The highest BCUT2D eigenvalue weighted by molar-refractivity contribution is 7.89. The zero-order valence-corrected chi connectivity index (χ0v) is 15.4. The molecule has 2 aromatic rings. The Morgan fingerprint density at radius 3 is 2.67 bits per heavy atom. The lowest BCUT2D eigenvalue weighted by Gasteiger charge is -2.31. The number of nitrogens with zero attached hydrogens (tertiary/aromatic N) is 2. The molecule has 0 saturated heterocycles. The van der Waals surface area contributed by atoms with Crippen LogP contribution in [0.2, 0.25) is 0 Å². The van der Waals surface area contributed by atoms with Crippen LogP contribution in [-0.2, 0) is 23.0 Å². The number of hydrogen-bond donors (Lipinski definition) is 1. The summed E-state index contributed by atoms with van der Waals surface area (Å²) in [6, 6.07) is 4.06. The molecule has 0 unspecified atom stereocenters. The van der Waals surface area contributed by atoms with E-state index in [0.717, 1.165) is 23.4 Å². The van der Waals surface area contributed by atoms with Crippen LogP contribution in [0.1, 0.15) is 21.6 Å². The molecule has 1 N–H and O–H groups in total. The molecule has 27 heavy (non-hydrogen) atoms. The molecular formula is C17H17F2N3O4S. The van der Waals surface area contributed by atoms with Crippen molar-refractivity contribution in [1.29, 1.82) is 0 Å². The molecule has 0 bridgehead atoms. The van der Waals surface area contributed by atoms with Crippen molar-refractivity contribution >= 4 is 21.6 Å². The monoisotopic (exact) mass is 397 g/mol. The number of benzene rings is 1. The zero-order chi connectivity index (χ0) is 19.8. The number of sulfonamides is 1. The van der Waals surface area contributed by atoms with Gasteiger partial charge >= 0.3 is 0 Å². The van der Waals surface area contributed by atoms with E-state index in [1.54, 1.807) is 6.07 Å². The number of methoxy groups -OCH3 is 1. The molecule has 0 fully saturated rings. The Hall–Kier alpha value is -2.75. The van der Waals surface area contributed by atoms with Gasteiger partial charge in [-0.15, -0.1) is 0 Å². The van der Waals surface area contributed by atoms with Crippen molar-refractivity contribution < 1.29 is 26.7 Å². The highest BCUT2D eigenvalue weighted by Gasteiger charge is 2.22. The molecule has 7 nitrogen and oxygen atoms in total. The number of amides is 1. The predicted molar refractivity (Wildman–Crippen MR) is 94.2 cm³/mol. The maximum Gasteiger partial charge on any atom is 0.283 e. The van der Waals surface area contributed by atoms with Crippen LogP contribution < -0.4 is 14.4 Å². The second-order valence-electron chi connectivity index (χ2n) is 6.16. The average Bonchev–Trinajstić information content (AvgIpc) is 2.61. The summed E-state index contributed by atoms with van der Waals surface area (Å²) in [5.41, 5.74) is 2.12.